The zero-order valence-corrected chi connectivity index (χ0v) is 15.0. The van der Waals surface area contributed by atoms with Gasteiger partial charge in [0.25, 0.3) is 0 Å². The van der Waals surface area contributed by atoms with E-state index in [9.17, 15) is 0 Å². The second-order valence-electron chi connectivity index (χ2n) is 8.79. The van der Waals surface area contributed by atoms with E-state index in [1.54, 1.807) is 12.7 Å². The van der Waals surface area contributed by atoms with E-state index in [0.29, 0.717) is 11.5 Å². The quantitative estimate of drug-likeness (QED) is 0.736. The van der Waals surface area contributed by atoms with E-state index in [1.165, 1.54) is 30.5 Å². The average Bonchev–Trinajstić information content (AvgIpc) is 3.11. The molecule has 1 aromatic carbocycles. The van der Waals surface area contributed by atoms with E-state index < -0.39 is 5.79 Å². The Morgan fingerprint density at radius 3 is 2.80 bits per heavy atom. The number of benzene rings is 1. The summed E-state index contributed by atoms with van der Waals surface area (Å²) in [6.45, 7) is 2.65. The van der Waals surface area contributed by atoms with E-state index in [-0.39, 0.29) is 5.41 Å². The van der Waals surface area contributed by atoms with Gasteiger partial charge in [0.05, 0.1) is 20.3 Å². The number of fused-ring (bicyclic) bond motifs is 2. The molecular formula is C21H25NO3. The van der Waals surface area contributed by atoms with E-state index in [0.717, 1.165) is 31.8 Å². The highest BCUT2D eigenvalue weighted by atomic mass is 16.7. The van der Waals surface area contributed by atoms with Gasteiger partial charge in [-0.3, -0.25) is 4.90 Å². The van der Waals surface area contributed by atoms with E-state index in [2.05, 4.69) is 36.2 Å². The predicted octanol–water partition coefficient (Wildman–Crippen LogP) is 2.66. The first-order valence-corrected chi connectivity index (χ1v) is 9.46. The Morgan fingerprint density at radius 2 is 2.04 bits per heavy atom. The lowest BCUT2D eigenvalue weighted by Crippen LogP contribution is -2.61. The molecule has 2 bridgehead atoms. The number of hydrogen-bond acceptors (Lipinski definition) is 4. The topological polar surface area (TPSA) is 30.9 Å². The van der Waals surface area contributed by atoms with Gasteiger partial charge in [-0.15, -0.1) is 0 Å². The van der Waals surface area contributed by atoms with Crippen molar-refractivity contribution in [1.82, 2.24) is 4.90 Å². The number of methoxy groups -OCH3 is 1. The Hall–Kier alpha value is -1.36. The van der Waals surface area contributed by atoms with E-state index >= 15 is 0 Å². The highest BCUT2D eigenvalue weighted by molar-refractivity contribution is 5.57. The van der Waals surface area contributed by atoms with Gasteiger partial charge in [-0.25, -0.2) is 0 Å². The molecule has 0 N–H and O–H groups in total. The van der Waals surface area contributed by atoms with Crippen LogP contribution < -0.4 is 4.74 Å². The number of likely N-dealkylation sites (tertiary alicyclic amines) is 1. The molecule has 3 fully saturated rings. The molecule has 2 saturated heterocycles. The molecule has 3 atom stereocenters. The van der Waals surface area contributed by atoms with Crippen LogP contribution >= 0.6 is 0 Å². The molecular weight excluding hydrogens is 314 g/mol. The molecule has 0 radical (unpaired) electrons. The highest BCUT2D eigenvalue weighted by Crippen LogP contribution is 2.69. The summed E-state index contributed by atoms with van der Waals surface area (Å²) >= 11 is 0. The van der Waals surface area contributed by atoms with Crippen LogP contribution in [0.5, 0.6) is 5.75 Å². The van der Waals surface area contributed by atoms with Gasteiger partial charge in [0.1, 0.15) is 5.75 Å². The maximum absolute atomic E-state index is 6.15. The largest absolute Gasteiger partial charge is 0.497 e. The third kappa shape index (κ3) is 1.64. The normalized spacial score (nSPS) is 40.1. The van der Waals surface area contributed by atoms with Crippen molar-refractivity contribution in [2.45, 2.75) is 42.9 Å². The fraction of sp³-hybridized carbons (Fsp3) is 0.619. The van der Waals surface area contributed by atoms with Crippen molar-refractivity contribution in [3.63, 3.8) is 0 Å². The molecule has 132 valence electrons. The molecule has 25 heavy (non-hydrogen) atoms. The first-order valence-electron chi connectivity index (χ1n) is 9.46. The van der Waals surface area contributed by atoms with Crippen LogP contribution in [0, 0.1) is 5.41 Å². The monoisotopic (exact) mass is 339 g/mol. The number of hydrogen-bond donors (Lipinski definition) is 0. The molecule has 0 amide bonds. The van der Waals surface area contributed by atoms with Crippen LogP contribution in [0.2, 0.25) is 0 Å². The van der Waals surface area contributed by atoms with Crippen LogP contribution in [0.1, 0.15) is 30.4 Å². The molecule has 3 aliphatic carbocycles. The lowest BCUT2D eigenvalue weighted by Gasteiger charge is -2.54. The van der Waals surface area contributed by atoms with Crippen LogP contribution in [-0.4, -0.2) is 50.6 Å². The van der Waals surface area contributed by atoms with Crippen molar-refractivity contribution in [3.8, 4) is 5.75 Å². The second kappa shape index (κ2) is 4.48. The SMILES string of the molecule is COc1ccc2c(c1)C13CC4(CC=C1C1N(C)CC1(C2)C3)OCCO4. The molecule has 4 heteroatoms. The van der Waals surface area contributed by atoms with Crippen molar-refractivity contribution in [2.75, 3.05) is 33.9 Å². The summed E-state index contributed by atoms with van der Waals surface area (Å²) in [5, 5.41) is 0. The lowest BCUT2D eigenvalue weighted by atomic mass is 9.60. The van der Waals surface area contributed by atoms with Gasteiger partial charge in [0.15, 0.2) is 5.79 Å². The first-order chi connectivity index (χ1) is 12.1. The van der Waals surface area contributed by atoms with E-state index in [4.69, 9.17) is 14.2 Å². The Bertz CT molecular complexity index is 796. The molecule has 3 unspecified atom stereocenters. The van der Waals surface area contributed by atoms with Crippen LogP contribution in [0.4, 0.5) is 0 Å². The Balaban J connectivity index is 1.58. The summed E-state index contributed by atoms with van der Waals surface area (Å²) in [6, 6.07) is 7.30. The maximum Gasteiger partial charge on any atom is 0.173 e. The van der Waals surface area contributed by atoms with Crippen molar-refractivity contribution in [1.29, 1.82) is 0 Å². The van der Waals surface area contributed by atoms with Crippen LogP contribution in [-0.2, 0) is 21.3 Å². The first kappa shape index (κ1) is 14.8. The fourth-order valence-corrected chi connectivity index (χ4v) is 6.92. The smallest absolute Gasteiger partial charge is 0.173 e. The summed E-state index contributed by atoms with van der Waals surface area (Å²) in [6.07, 6.45) is 6.73. The molecule has 2 heterocycles. The average molecular weight is 339 g/mol. The fourth-order valence-electron chi connectivity index (χ4n) is 6.92. The Kier molecular flexibility index (Phi) is 2.65. The van der Waals surface area contributed by atoms with Crippen LogP contribution in [0.15, 0.2) is 29.8 Å². The van der Waals surface area contributed by atoms with Gasteiger partial charge in [-0.1, -0.05) is 12.1 Å². The second-order valence-corrected chi connectivity index (χ2v) is 8.79. The minimum absolute atomic E-state index is 0.0557. The van der Waals surface area contributed by atoms with Crippen molar-refractivity contribution >= 4 is 0 Å². The molecule has 3 spiro atoms. The number of rotatable bonds is 1. The zero-order valence-electron chi connectivity index (χ0n) is 15.0. The minimum atomic E-state index is -0.412. The van der Waals surface area contributed by atoms with E-state index in [1.807, 2.05) is 0 Å². The van der Waals surface area contributed by atoms with Crippen molar-refractivity contribution in [3.05, 3.63) is 41.0 Å². The number of likely N-dealkylation sites (N-methyl/N-ethyl adjacent to an activating group) is 1. The standard InChI is InChI=1S/C21H25NO3/c1-22-13-19-10-14-3-4-15(23-2)9-17(14)20(11-19)12-21(24-7-8-25-21)6-5-16(20)18(19)22/h3-5,9,18H,6-8,10-13H2,1-2H3. The highest BCUT2D eigenvalue weighted by Gasteiger charge is 2.70. The molecule has 6 rings (SSSR count). The zero-order chi connectivity index (χ0) is 16.9. The summed E-state index contributed by atoms with van der Waals surface area (Å²) in [4.78, 5) is 2.55. The summed E-state index contributed by atoms with van der Waals surface area (Å²) in [5.74, 6) is 0.550. The van der Waals surface area contributed by atoms with Gasteiger partial charge in [0, 0.05) is 36.3 Å². The summed E-state index contributed by atoms with van der Waals surface area (Å²) < 4.78 is 17.9. The maximum atomic E-state index is 6.15. The van der Waals surface area contributed by atoms with Gasteiger partial charge in [0.2, 0.25) is 0 Å². The minimum Gasteiger partial charge on any atom is -0.497 e. The third-order valence-electron chi connectivity index (χ3n) is 7.48. The van der Waals surface area contributed by atoms with Gasteiger partial charge in [-0.05, 0) is 48.7 Å². The van der Waals surface area contributed by atoms with Gasteiger partial charge in [-0.2, -0.15) is 0 Å². The molecule has 1 saturated carbocycles. The predicted molar refractivity (Wildman–Crippen MR) is 93.8 cm³/mol. The van der Waals surface area contributed by atoms with Gasteiger partial charge >= 0.3 is 0 Å². The van der Waals surface area contributed by atoms with Crippen LogP contribution in [0.3, 0.4) is 0 Å². The number of nitrogens with zero attached hydrogens (tertiary/aromatic N) is 1. The van der Waals surface area contributed by atoms with Crippen molar-refractivity contribution in [2.24, 2.45) is 5.41 Å². The molecule has 0 aromatic heterocycles. The third-order valence-corrected chi connectivity index (χ3v) is 7.48. The molecule has 4 nitrogen and oxygen atoms in total. The lowest BCUT2D eigenvalue weighted by molar-refractivity contribution is -0.172. The number of ether oxygens (including phenoxy) is 3. The summed E-state index contributed by atoms with van der Waals surface area (Å²) in [7, 11) is 4.04. The molecule has 5 aliphatic rings. The Morgan fingerprint density at radius 1 is 1.20 bits per heavy atom. The molecule has 1 aromatic rings. The van der Waals surface area contributed by atoms with Crippen molar-refractivity contribution < 1.29 is 14.2 Å². The van der Waals surface area contributed by atoms with Crippen LogP contribution in [0.25, 0.3) is 0 Å². The molecule has 2 aliphatic heterocycles. The Labute approximate surface area is 148 Å². The van der Waals surface area contributed by atoms with Gasteiger partial charge < -0.3 is 14.2 Å². The summed E-state index contributed by atoms with van der Waals surface area (Å²) in [5.41, 5.74) is 5.05.